The highest BCUT2D eigenvalue weighted by atomic mass is 79.9. The molecule has 2 aliphatic rings. The number of nitrogens with zero attached hydrogens (tertiary/aromatic N) is 1. The fraction of sp³-hybridized carbons (Fsp3) is 0.462. The number of carbonyl (C=O) groups excluding carboxylic acids is 1. The highest BCUT2D eigenvalue weighted by Gasteiger charge is 2.51. The Kier molecular flexibility index (Phi) is 2.52. The molecule has 1 heterocycles. The number of aliphatic hydroxyl groups is 1. The molecule has 90 valence electrons. The molecule has 17 heavy (non-hydrogen) atoms. The van der Waals surface area contributed by atoms with Gasteiger partial charge in [-0.3, -0.25) is 4.79 Å². The van der Waals surface area contributed by atoms with E-state index < -0.39 is 5.41 Å². The number of aliphatic hydroxyl groups excluding tert-OH is 1. The molecule has 1 N–H and O–H groups in total. The summed E-state index contributed by atoms with van der Waals surface area (Å²) in [5.41, 5.74) is 1.65. The Labute approximate surface area is 109 Å². The van der Waals surface area contributed by atoms with Gasteiger partial charge in [0, 0.05) is 0 Å². The minimum absolute atomic E-state index is 0.116. The number of hydrogen-bond donors (Lipinski definition) is 1. The molecule has 4 heteroatoms. The van der Waals surface area contributed by atoms with Crippen LogP contribution < -0.4 is 3.93 Å². The molecule has 1 amide bonds. The van der Waals surface area contributed by atoms with Gasteiger partial charge in [-0.05, 0) is 37.3 Å². The first kappa shape index (κ1) is 11.2. The van der Waals surface area contributed by atoms with Crippen molar-refractivity contribution in [1.82, 2.24) is 0 Å². The molecule has 0 unspecified atom stereocenters. The molecule has 0 atom stereocenters. The summed E-state index contributed by atoms with van der Waals surface area (Å²) in [4.78, 5) is 12.4. The Morgan fingerprint density at radius 3 is 2.65 bits per heavy atom. The molecule has 1 spiro atoms. The van der Waals surface area contributed by atoms with Crippen LogP contribution in [0.1, 0.15) is 31.2 Å². The predicted octanol–water partition coefficient (Wildman–Crippen LogP) is 2.52. The van der Waals surface area contributed by atoms with Crippen molar-refractivity contribution in [3.05, 3.63) is 29.8 Å². The first-order chi connectivity index (χ1) is 8.15. The largest absolute Gasteiger partial charge is 0.393 e. The quantitative estimate of drug-likeness (QED) is 0.747. The zero-order chi connectivity index (χ0) is 12.0. The van der Waals surface area contributed by atoms with Gasteiger partial charge in [0.2, 0.25) is 5.91 Å². The molecule has 0 saturated heterocycles. The zero-order valence-corrected chi connectivity index (χ0v) is 11.0. The van der Waals surface area contributed by atoms with Crippen LogP contribution >= 0.6 is 16.1 Å². The van der Waals surface area contributed by atoms with Crippen molar-refractivity contribution in [2.24, 2.45) is 0 Å². The van der Waals surface area contributed by atoms with Crippen molar-refractivity contribution in [2.75, 3.05) is 3.93 Å². The van der Waals surface area contributed by atoms with Gasteiger partial charge in [-0.25, -0.2) is 3.93 Å². The van der Waals surface area contributed by atoms with E-state index in [1.807, 2.05) is 24.3 Å². The molecule has 1 aliphatic heterocycles. The number of para-hydroxylation sites is 1. The van der Waals surface area contributed by atoms with Gasteiger partial charge >= 0.3 is 0 Å². The highest BCUT2D eigenvalue weighted by Crippen LogP contribution is 2.50. The normalized spacial score (nSPS) is 32.0. The second-order valence-electron chi connectivity index (χ2n) is 4.92. The van der Waals surface area contributed by atoms with Crippen molar-refractivity contribution >= 4 is 27.7 Å². The van der Waals surface area contributed by atoms with E-state index in [2.05, 4.69) is 16.1 Å². The summed E-state index contributed by atoms with van der Waals surface area (Å²) in [5.74, 6) is 0.116. The smallest absolute Gasteiger partial charge is 0.247 e. The van der Waals surface area contributed by atoms with Gasteiger partial charge in [0.25, 0.3) is 0 Å². The summed E-state index contributed by atoms with van der Waals surface area (Å²) >= 11 is 3.35. The van der Waals surface area contributed by atoms with E-state index in [0.29, 0.717) is 12.8 Å². The minimum Gasteiger partial charge on any atom is -0.393 e. The van der Waals surface area contributed by atoms with Gasteiger partial charge in [0.05, 0.1) is 33.4 Å². The fourth-order valence-electron chi connectivity index (χ4n) is 3.04. The van der Waals surface area contributed by atoms with Crippen molar-refractivity contribution in [1.29, 1.82) is 0 Å². The number of carbonyl (C=O) groups is 1. The fourth-order valence-corrected chi connectivity index (χ4v) is 3.69. The van der Waals surface area contributed by atoms with Gasteiger partial charge in [-0.15, -0.1) is 0 Å². The van der Waals surface area contributed by atoms with Crippen LogP contribution in [0.4, 0.5) is 5.69 Å². The second-order valence-corrected chi connectivity index (χ2v) is 5.63. The second kappa shape index (κ2) is 3.82. The molecule has 3 rings (SSSR count). The Hall–Kier alpha value is -0.870. The van der Waals surface area contributed by atoms with Gasteiger partial charge in [-0.1, -0.05) is 18.2 Å². The molecular weight excluding hydrogens is 282 g/mol. The summed E-state index contributed by atoms with van der Waals surface area (Å²) < 4.78 is 1.58. The van der Waals surface area contributed by atoms with E-state index in [1.54, 1.807) is 3.93 Å². The van der Waals surface area contributed by atoms with Gasteiger partial charge in [0.1, 0.15) is 0 Å². The van der Waals surface area contributed by atoms with Crippen LogP contribution in [0.15, 0.2) is 24.3 Å². The lowest BCUT2D eigenvalue weighted by Gasteiger charge is -2.34. The van der Waals surface area contributed by atoms with Crippen LogP contribution in [-0.4, -0.2) is 17.1 Å². The van der Waals surface area contributed by atoms with E-state index in [-0.39, 0.29) is 12.0 Å². The number of anilines is 1. The third-order valence-corrected chi connectivity index (χ3v) is 4.73. The molecule has 1 aromatic carbocycles. The molecule has 1 saturated carbocycles. The third kappa shape index (κ3) is 1.47. The Bertz CT molecular complexity index is 466. The number of halogens is 1. The number of rotatable bonds is 0. The average Bonchev–Trinajstić information content (AvgIpc) is 2.57. The average molecular weight is 296 g/mol. The molecule has 0 aromatic heterocycles. The first-order valence-corrected chi connectivity index (χ1v) is 6.64. The van der Waals surface area contributed by atoms with E-state index in [9.17, 15) is 9.90 Å². The van der Waals surface area contributed by atoms with E-state index in [1.165, 1.54) is 0 Å². The van der Waals surface area contributed by atoms with E-state index >= 15 is 0 Å². The van der Waals surface area contributed by atoms with Crippen LogP contribution in [0.3, 0.4) is 0 Å². The van der Waals surface area contributed by atoms with Crippen molar-refractivity contribution < 1.29 is 9.90 Å². The molecule has 1 fully saturated rings. The van der Waals surface area contributed by atoms with Gasteiger partial charge in [-0.2, -0.15) is 0 Å². The molecule has 0 bridgehead atoms. The van der Waals surface area contributed by atoms with Crippen molar-refractivity contribution in [3.63, 3.8) is 0 Å². The highest BCUT2D eigenvalue weighted by molar-refractivity contribution is 9.10. The van der Waals surface area contributed by atoms with Crippen molar-refractivity contribution in [3.8, 4) is 0 Å². The molecule has 1 aromatic rings. The lowest BCUT2D eigenvalue weighted by atomic mass is 9.69. The maximum absolute atomic E-state index is 12.4. The summed E-state index contributed by atoms with van der Waals surface area (Å²) in [6.07, 6.45) is 2.66. The van der Waals surface area contributed by atoms with E-state index in [0.717, 1.165) is 24.1 Å². The van der Waals surface area contributed by atoms with Gasteiger partial charge < -0.3 is 5.11 Å². The Morgan fingerprint density at radius 1 is 1.29 bits per heavy atom. The van der Waals surface area contributed by atoms with E-state index in [4.69, 9.17) is 0 Å². The van der Waals surface area contributed by atoms with Crippen molar-refractivity contribution in [2.45, 2.75) is 37.2 Å². The SMILES string of the molecule is O=C1N(Br)c2ccccc2C12CCC(O)CC2. The Morgan fingerprint density at radius 2 is 1.94 bits per heavy atom. The van der Waals surface area contributed by atoms with Crippen LogP contribution in [0.25, 0.3) is 0 Å². The lowest BCUT2D eigenvalue weighted by Crippen LogP contribution is -2.41. The maximum Gasteiger partial charge on any atom is 0.247 e. The molecule has 1 aliphatic carbocycles. The van der Waals surface area contributed by atoms with Crippen LogP contribution in [0.5, 0.6) is 0 Å². The lowest BCUT2D eigenvalue weighted by molar-refractivity contribution is -0.123. The third-order valence-electron chi connectivity index (χ3n) is 4.03. The minimum atomic E-state index is -0.403. The number of hydrogen-bond acceptors (Lipinski definition) is 2. The molecular formula is C13H14BrNO2. The number of benzene rings is 1. The summed E-state index contributed by atoms with van der Waals surface area (Å²) in [5, 5.41) is 9.62. The Balaban J connectivity index is 2.09. The first-order valence-electron chi connectivity index (χ1n) is 5.93. The van der Waals surface area contributed by atoms with Crippen LogP contribution in [-0.2, 0) is 10.2 Å². The molecule has 0 radical (unpaired) electrons. The number of fused-ring (bicyclic) bond motifs is 2. The summed E-state index contributed by atoms with van der Waals surface area (Å²) in [6, 6.07) is 7.91. The monoisotopic (exact) mass is 295 g/mol. The standard InChI is InChI=1S/C13H14BrNO2/c14-15-11-4-2-1-3-10(11)13(12(15)17)7-5-9(16)6-8-13/h1-4,9,16H,5-8H2. The van der Waals surface area contributed by atoms with Crippen LogP contribution in [0.2, 0.25) is 0 Å². The number of amides is 1. The predicted molar refractivity (Wildman–Crippen MR) is 69.0 cm³/mol. The zero-order valence-electron chi connectivity index (χ0n) is 9.40. The topological polar surface area (TPSA) is 40.5 Å². The maximum atomic E-state index is 12.4. The molecule has 3 nitrogen and oxygen atoms in total. The van der Waals surface area contributed by atoms with Gasteiger partial charge in [0.15, 0.2) is 0 Å². The van der Waals surface area contributed by atoms with Crippen LogP contribution in [0, 0.1) is 0 Å². The summed E-state index contributed by atoms with van der Waals surface area (Å²) in [6.45, 7) is 0. The summed E-state index contributed by atoms with van der Waals surface area (Å²) in [7, 11) is 0.